The highest BCUT2D eigenvalue weighted by Gasteiger charge is 2.09. The molecule has 0 bridgehead atoms. The molecule has 1 rings (SSSR count). The number of hydrogen-bond donors (Lipinski definition) is 0. The van der Waals surface area contributed by atoms with E-state index in [-0.39, 0.29) is 5.38 Å². The van der Waals surface area contributed by atoms with Crippen LogP contribution in [0.15, 0.2) is 12.1 Å². The van der Waals surface area contributed by atoms with Crippen LogP contribution in [-0.4, -0.2) is 0 Å². The molecule has 1 heterocycles. The zero-order chi connectivity index (χ0) is 13.2. The Kier molecular flexibility index (Phi) is 8.79. The number of halogens is 1. The van der Waals surface area contributed by atoms with Gasteiger partial charge in [-0.1, -0.05) is 58.8 Å². The minimum Gasteiger partial charge on any atom is -0.144 e. The number of thiophene rings is 1. The Hall–Kier alpha value is -0.0100. The van der Waals surface area contributed by atoms with Crippen molar-refractivity contribution in [2.45, 2.75) is 77.0 Å². The van der Waals surface area contributed by atoms with Gasteiger partial charge >= 0.3 is 0 Å². The van der Waals surface area contributed by atoms with Crippen molar-refractivity contribution in [3.05, 3.63) is 21.9 Å². The summed E-state index contributed by atoms with van der Waals surface area (Å²) in [4.78, 5) is 2.81. The lowest BCUT2D eigenvalue weighted by molar-refractivity contribution is 0.573. The lowest BCUT2D eigenvalue weighted by Crippen LogP contribution is -1.87. The van der Waals surface area contributed by atoms with E-state index in [9.17, 15) is 0 Å². The summed E-state index contributed by atoms with van der Waals surface area (Å²) >= 11 is 8.33. The second-order valence-corrected chi connectivity index (χ2v) is 6.76. The second kappa shape index (κ2) is 9.86. The molecule has 1 aromatic heterocycles. The third-order valence-electron chi connectivity index (χ3n) is 3.40. The van der Waals surface area contributed by atoms with Crippen LogP contribution in [0.3, 0.4) is 0 Å². The van der Waals surface area contributed by atoms with E-state index in [0.717, 1.165) is 12.8 Å². The summed E-state index contributed by atoms with van der Waals surface area (Å²) in [5.74, 6) is 0. The Bertz CT molecular complexity index is 306. The monoisotopic (exact) mass is 286 g/mol. The maximum Gasteiger partial charge on any atom is 0.0678 e. The highest BCUT2D eigenvalue weighted by molar-refractivity contribution is 7.12. The van der Waals surface area contributed by atoms with Gasteiger partial charge in [-0.2, -0.15) is 0 Å². The molecule has 0 aromatic carbocycles. The van der Waals surface area contributed by atoms with Gasteiger partial charge in [0.05, 0.1) is 5.38 Å². The van der Waals surface area contributed by atoms with Crippen molar-refractivity contribution < 1.29 is 0 Å². The van der Waals surface area contributed by atoms with Gasteiger partial charge in [-0.3, -0.25) is 0 Å². The molecule has 0 aliphatic carbocycles. The number of rotatable bonds is 10. The van der Waals surface area contributed by atoms with Gasteiger partial charge in [-0.25, -0.2) is 0 Å². The van der Waals surface area contributed by atoms with Crippen molar-refractivity contribution in [1.29, 1.82) is 0 Å². The van der Waals surface area contributed by atoms with Gasteiger partial charge < -0.3 is 0 Å². The standard InChI is InChI=1S/C16H27ClS/c1-3-5-6-7-8-9-10-11-15(17)16-13-12-14(4-2)18-16/h12-13,15H,3-11H2,1-2H3. The maximum absolute atomic E-state index is 6.45. The van der Waals surface area contributed by atoms with Gasteiger partial charge in [0.25, 0.3) is 0 Å². The fraction of sp³-hybridized carbons (Fsp3) is 0.750. The predicted molar refractivity (Wildman–Crippen MR) is 84.9 cm³/mol. The van der Waals surface area contributed by atoms with Gasteiger partial charge in [0.2, 0.25) is 0 Å². The van der Waals surface area contributed by atoms with E-state index in [1.54, 1.807) is 0 Å². The van der Waals surface area contributed by atoms with Crippen LogP contribution in [0.1, 0.15) is 80.3 Å². The van der Waals surface area contributed by atoms with Gasteiger partial charge in [0.15, 0.2) is 0 Å². The van der Waals surface area contributed by atoms with E-state index in [2.05, 4.69) is 26.0 Å². The van der Waals surface area contributed by atoms with Crippen molar-refractivity contribution in [2.24, 2.45) is 0 Å². The van der Waals surface area contributed by atoms with E-state index >= 15 is 0 Å². The number of aryl methyl sites for hydroxylation is 1. The van der Waals surface area contributed by atoms with Crippen LogP contribution >= 0.6 is 22.9 Å². The number of unbranched alkanes of at least 4 members (excludes halogenated alkanes) is 6. The molecule has 1 atom stereocenters. The van der Waals surface area contributed by atoms with Gasteiger partial charge in [-0.05, 0) is 25.0 Å². The van der Waals surface area contributed by atoms with Crippen molar-refractivity contribution in [3.63, 3.8) is 0 Å². The first kappa shape index (κ1) is 16.0. The molecule has 104 valence electrons. The van der Waals surface area contributed by atoms with E-state index in [4.69, 9.17) is 11.6 Å². The number of hydrogen-bond acceptors (Lipinski definition) is 1. The SMILES string of the molecule is CCCCCCCCCC(Cl)c1ccc(CC)s1. The topological polar surface area (TPSA) is 0 Å². The molecule has 1 aromatic rings. The molecular weight excluding hydrogens is 260 g/mol. The average molecular weight is 287 g/mol. The van der Waals surface area contributed by atoms with Gasteiger partial charge in [0.1, 0.15) is 0 Å². The summed E-state index contributed by atoms with van der Waals surface area (Å²) in [7, 11) is 0. The molecule has 0 fully saturated rings. The Balaban J connectivity index is 2.08. The molecule has 0 aliphatic heterocycles. The highest BCUT2D eigenvalue weighted by Crippen LogP contribution is 2.32. The Morgan fingerprint density at radius 3 is 2.28 bits per heavy atom. The third-order valence-corrected chi connectivity index (χ3v) is 5.33. The van der Waals surface area contributed by atoms with Crippen LogP contribution in [0.25, 0.3) is 0 Å². The molecule has 0 saturated carbocycles. The molecule has 0 radical (unpaired) electrons. The van der Waals surface area contributed by atoms with E-state index in [1.165, 1.54) is 54.7 Å². The smallest absolute Gasteiger partial charge is 0.0678 e. The van der Waals surface area contributed by atoms with Crippen molar-refractivity contribution in [2.75, 3.05) is 0 Å². The average Bonchev–Trinajstić information content (AvgIpc) is 2.86. The highest BCUT2D eigenvalue weighted by atomic mass is 35.5. The summed E-state index contributed by atoms with van der Waals surface area (Å²) in [5.41, 5.74) is 0. The molecule has 0 spiro atoms. The predicted octanol–water partition coefficient (Wildman–Crippen LogP) is 6.73. The molecule has 0 amide bonds. The minimum absolute atomic E-state index is 0.242. The second-order valence-electron chi connectivity index (χ2n) is 5.04. The number of alkyl halides is 1. The van der Waals surface area contributed by atoms with Crippen LogP contribution in [0, 0.1) is 0 Å². The van der Waals surface area contributed by atoms with E-state index in [0.29, 0.717) is 0 Å². The largest absolute Gasteiger partial charge is 0.144 e. The summed E-state index contributed by atoms with van der Waals surface area (Å²) in [6.45, 7) is 4.47. The van der Waals surface area contributed by atoms with E-state index < -0.39 is 0 Å². The van der Waals surface area contributed by atoms with Crippen LogP contribution in [-0.2, 0) is 6.42 Å². The first-order chi connectivity index (χ1) is 8.77. The van der Waals surface area contributed by atoms with Crippen molar-refractivity contribution >= 4 is 22.9 Å². The van der Waals surface area contributed by atoms with Crippen molar-refractivity contribution in [1.82, 2.24) is 0 Å². The van der Waals surface area contributed by atoms with Gasteiger partial charge in [-0.15, -0.1) is 22.9 Å². The Morgan fingerprint density at radius 2 is 1.67 bits per heavy atom. The molecule has 0 nitrogen and oxygen atoms in total. The first-order valence-electron chi connectivity index (χ1n) is 7.50. The lowest BCUT2D eigenvalue weighted by atomic mass is 10.1. The normalized spacial score (nSPS) is 12.8. The Labute approximate surface area is 122 Å². The summed E-state index contributed by atoms with van der Waals surface area (Å²) in [6.07, 6.45) is 11.8. The third kappa shape index (κ3) is 6.24. The molecule has 0 aliphatic rings. The van der Waals surface area contributed by atoms with Crippen LogP contribution in [0.5, 0.6) is 0 Å². The van der Waals surface area contributed by atoms with Gasteiger partial charge in [0, 0.05) is 9.75 Å². The lowest BCUT2D eigenvalue weighted by Gasteiger charge is -2.07. The quantitative estimate of drug-likeness (QED) is 0.330. The summed E-state index contributed by atoms with van der Waals surface area (Å²) < 4.78 is 0. The zero-order valence-corrected chi connectivity index (χ0v) is 13.5. The van der Waals surface area contributed by atoms with Crippen LogP contribution in [0.2, 0.25) is 0 Å². The molecule has 2 heteroatoms. The molecule has 0 N–H and O–H groups in total. The fourth-order valence-corrected chi connectivity index (χ4v) is 3.50. The van der Waals surface area contributed by atoms with E-state index in [1.807, 2.05) is 11.3 Å². The van der Waals surface area contributed by atoms with Crippen molar-refractivity contribution in [3.8, 4) is 0 Å². The van der Waals surface area contributed by atoms with Crippen LogP contribution < -0.4 is 0 Å². The van der Waals surface area contributed by atoms with Crippen LogP contribution in [0.4, 0.5) is 0 Å². The first-order valence-corrected chi connectivity index (χ1v) is 8.75. The molecular formula is C16H27ClS. The minimum atomic E-state index is 0.242. The zero-order valence-electron chi connectivity index (χ0n) is 11.9. The molecule has 1 unspecified atom stereocenters. The Morgan fingerprint density at radius 1 is 1.00 bits per heavy atom. The summed E-state index contributed by atoms with van der Waals surface area (Å²) in [6, 6.07) is 4.43. The molecule has 0 saturated heterocycles. The fourth-order valence-electron chi connectivity index (χ4n) is 2.18. The summed E-state index contributed by atoms with van der Waals surface area (Å²) in [5, 5.41) is 0.242. The maximum atomic E-state index is 6.45. The molecule has 18 heavy (non-hydrogen) atoms.